The van der Waals surface area contributed by atoms with Gasteiger partial charge in [0.2, 0.25) is 5.91 Å². The van der Waals surface area contributed by atoms with Crippen molar-refractivity contribution in [2.75, 3.05) is 6.54 Å². The fourth-order valence-electron chi connectivity index (χ4n) is 1.78. The molecule has 4 nitrogen and oxygen atoms in total. The fraction of sp³-hybridized carbons (Fsp3) is 0.286. The Morgan fingerprint density at radius 2 is 2.24 bits per heavy atom. The van der Waals surface area contributed by atoms with E-state index in [-0.39, 0.29) is 12.5 Å². The van der Waals surface area contributed by atoms with Crippen molar-refractivity contribution in [2.45, 2.75) is 18.9 Å². The number of amides is 1. The Labute approximate surface area is 136 Å². The van der Waals surface area contributed by atoms with E-state index in [9.17, 15) is 9.90 Å². The molecule has 0 radical (unpaired) electrons. The van der Waals surface area contributed by atoms with Gasteiger partial charge in [0.25, 0.3) is 0 Å². The van der Waals surface area contributed by atoms with Gasteiger partial charge in [-0.15, -0.1) is 11.3 Å². The monoisotopic (exact) mass is 344 g/mol. The number of hydrogen-bond acceptors (Lipinski definition) is 4. The molecule has 1 atom stereocenters. The summed E-state index contributed by atoms with van der Waals surface area (Å²) in [5.74, 6) is -0.130. The number of aliphatic hydroxyl groups excluding tert-OH is 1. The SMILES string of the molecule is O=C(CCc1nccs1)NC[C@H](O)c1ccc(Cl)cc1Cl. The molecule has 1 aromatic carbocycles. The van der Waals surface area contributed by atoms with Crippen molar-refractivity contribution in [3.05, 3.63) is 50.4 Å². The molecule has 0 aliphatic carbocycles. The minimum Gasteiger partial charge on any atom is -0.387 e. The van der Waals surface area contributed by atoms with Crippen LogP contribution in [0.3, 0.4) is 0 Å². The van der Waals surface area contributed by atoms with E-state index in [4.69, 9.17) is 23.2 Å². The zero-order chi connectivity index (χ0) is 15.2. The quantitative estimate of drug-likeness (QED) is 0.845. The summed E-state index contributed by atoms with van der Waals surface area (Å²) in [5.41, 5.74) is 0.543. The number of halogens is 2. The zero-order valence-corrected chi connectivity index (χ0v) is 13.4. The number of aryl methyl sites for hydroxylation is 1. The number of thiazole rings is 1. The van der Waals surface area contributed by atoms with Crippen molar-refractivity contribution in [2.24, 2.45) is 0 Å². The highest BCUT2D eigenvalue weighted by atomic mass is 35.5. The number of carbonyl (C=O) groups excluding carboxylic acids is 1. The van der Waals surface area contributed by atoms with E-state index in [2.05, 4.69) is 10.3 Å². The molecule has 1 heterocycles. The Morgan fingerprint density at radius 3 is 2.90 bits per heavy atom. The van der Waals surface area contributed by atoms with Crippen molar-refractivity contribution in [1.29, 1.82) is 0 Å². The summed E-state index contributed by atoms with van der Waals surface area (Å²) in [6.07, 6.45) is 1.79. The maximum atomic E-state index is 11.7. The van der Waals surface area contributed by atoms with Crippen molar-refractivity contribution >= 4 is 40.4 Å². The molecular formula is C14H14Cl2N2O2S. The van der Waals surface area contributed by atoms with Gasteiger partial charge in [0.05, 0.1) is 11.1 Å². The first-order valence-electron chi connectivity index (χ1n) is 6.34. The number of aliphatic hydroxyl groups is 1. The van der Waals surface area contributed by atoms with Gasteiger partial charge >= 0.3 is 0 Å². The number of benzene rings is 1. The largest absolute Gasteiger partial charge is 0.387 e. The average molecular weight is 345 g/mol. The van der Waals surface area contributed by atoms with Gasteiger partial charge < -0.3 is 10.4 Å². The lowest BCUT2D eigenvalue weighted by Gasteiger charge is -2.13. The van der Waals surface area contributed by atoms with Crippen LogP contribution in [0.2, 0.25) is 10.0 Å². The van der Waals surface area contributed by atoms with Crippen LogP contribution in [0.1, 0.15) is 23.1 Å². The van der Waals surface area contributed by atoms with Crippen LogP contribution >= 0.6 is 34.5 Å². The summed E-state index contributed by atoms with van der Waals surface area (Å²) in [7, 11) is 0. The minimum atomic E-state index is -0.862. The summed E-state index contributed by atoms with van der Waals surface area (Å²) >= 11 is 13.3. The molecular weight excluding hydrogens is 331 g/mol. The molecule has 0 bridgehead atoms. The smallest absolute Gasteiger partial charge is 0.220 e. The van der Waals surface area contributed by atoms with E-state index in [0.29, 0.717) is 28.5 Å². The Bertz CT molecular complexity index is 605. The van der Waals surface area contributed by atoms with Gasteiger partial charge in [-0.05, 0) is 12.1 Å². The molecule has 0 aliphatic rings. The van der Waals surface area contributed by atoms with Crippen LogP contribution in [0.25, 0.3) is 0 Å². The number of aromatic nitrogens is 1. The summed E-state index contributed by atoms with van der Waals surface area (Å²) in [5, 5.41) is 16.4. The van der Waals surface area contributed by atoms with E-state index in [1.54, 1.807) is 24.4 Å². The van der Waals surface area contributed by atoms with Crippen LogP contribution in [0.15, 0.2) is 29.8 Å². The molecule has 0 fully saturated rings. The fourth-order valence-corrected chi connectivity index (χ4v) is 2.93. The summed E-state index contributed by atoms with van der Waals surface area (Å²) in [6, 6.07) is 4.86. The Morgan fingerprint density at radius 1 is 1.43 bits per heavy atom. The van der Waals surface area contributed by atoms with Crippen LogP contribution < -0.4 is 5.32 Å². The number of nitrogens with zero attached hydrogens (tertiary/aromatic N) is 1. The van der Waals surface area contributed by atoms with Gasteiger partial charge in [0, 0.05) is 46.6 Å². The number of hydrogen-bond donors (Lipinski definition) is 2. The normalized spacial score (nSPS) is 12.1. The van der Waals surface area contributed by atoms with Crippen LogP contribution in [0.4, 0.5) is 0 Å². The second-order valence-corrected chi connectivity index (χ2v) is 6.23. The van der Waals surface area contributed by atoms with Gasteiger partial charge in [-0.1, -0.05) is 29.3 Å². The Balaban J connectivity index is 1.80. The van der Waals surface area contributed by atoms with Gasteiger partial charge in [-0.25, -0.2) is 4.98 Å². The maximum absolute atomic E-state index is 11.7. The highest BCUT2D eigenvalue weighted by Crippen LogP contribution is 2.25. The lowest BCUT2D eigenvalue weighted by molar-refractivity contribution is -0.121. The molecule has 7 heteroatoms. The standard InChI is InChI=1S/C14H14Cl2N2O2S/c15-9-1-2-10(11(16)7-9)12(19)8-18-13(20)3-4-14-17-5-6-21-14/h1-2,5-7,12,19H,3-4,8H2,(H,18,20)/t12-/m0/s1. The number of rotatable bonds is 6. The molecule has 0 saturated carbocycles. The van der Waals surface area contributed by atoms with Crippen LogP contribution in [0.5, 0.6) is 0 Å². The second-order valence-electron chi connectivity index (χ2n) is 4.41. The lowest BCUT2D eigenvalue weighted by atomic mass is 10.1. The topological polar surface area (TPSA) is 62.2 Å². The molecule has 21 heavy (non-hydrogen) atoms. The summed E-state index contributed by atoms with van der Waals surface area (Å²) < 4.78 is 0. The third kappa shape index (κ3) is 4.97. The van der Waals surface area contributed by atoms with Gasteiger partial charge in [0.15, 0.2) is 0 Å². The van der Waals surface area contributed by atoms with Crippen LogP contribution in [-0.2, 0) is 11.2 Å². The van der Waals surface area contributed by atoms with Crippen molar-refractivity contribution in [3.8, 4) is 0 Å². The molecule has 0 unspecified atom stereocenters. The van der Waals surface area contributed by atoms with Crippen LogP contribution in [-0.4, -0.2) is 22.5 Å². The van der Waals surface area contributed by atoms with E-state index >= 15 is 0 Å². The first-order chi connectivity index (χ1) is 10.1. The van der Waals surface area contributed by atoms with E-state index in [1.807, 2.05) is 5.38 Å². The molecule has 1 amide bonds. The summed E-state index contributed by atoms with van der Waals surface area (Å²) in [6.45, 7) is 0.109. The van der Waals surface area contributed by atoms with Gasteiger partial charge in [-0.3, -0.25) is 4.79 Å². The molecule has 2 aromatic rings. The third-order valence-corrected chi connectivity index (χ3v) is 4.27. The van der Waals surface area contributed by atoms with E-state index in [0.717, 1.165) is 5.01 Å². The lowest BCUT2D eigenvalue weighted by Crippen LogP contribution is -2.28. The zero-order valence-electron chi connectivity index (χ0n) is 11.1. The number of carbonyl (C=O) groups is 1. The first kappa shape index (κ1) is 16.2. The van der Waals surface area contributed by atoms with E-state index in [1.165, 1.54) is 11.3 Å². The second kappa shape index (κ2) is 7.75. The third-order valence-electron chi connectivity index (χ3n) is 2.86. The first-order valence-corrected chi connectivity index (χ1v) is 7.98. The molecule has 0 spiro atoms. The molecule has 0 aliphatic heterocycles. The highest BCUT2D eigenvalue weighted by molar-refractivity contribution is 7.09. The summed E-state index contributed by atoms with van der Waals surface area (Å²) in [4.78, 5) is 15.8. The molecule has 112 valence electrons. The molecule has 2 N–H and O–H groups in total. The minimum absolute atomic E-state index is 0.109. The Hall–Kier alpha value is -1.14. The highest BCUT2D eigenvalue weighted by Gasteiger charge is 2.13. The predicted octanol–water partition coefficient (Wildman–Crippen LogP) is 3.23. The average Bonchev–Trinajstić information content (AvgIpc) is 2.95. The van der Waals surface area contributed by atoms with Crippen molar-refractivity contribution in [1.82, 2.24) is 10.3 Å². The Kier molecular flexibility index (Phi) is 5.99. The van der Waals surface area contributed by atoms with Gasteiger partial charge in [-0.2, -0.15) is 0 Å². The van der Waals surface area contributed by atoms with Crippen molar-refractivity contribution in [3.63, 3.8) is 0 Å². The van der Waals surface area contributed by atoms with Crippen LogP contribution in [0, 0.1) is 0 Å². The van der Waals surface area contributed by atoms with E-state index < -0.39 is 6.10 Å². The number of nitrogens with one attached hydrogen (secondary N) is 1. The molecule has 0 saturated heterocycles. The maximum Gasteiger partial charge on any atom is 0.220 e. The molecule has 2 rings (SSSR count). The van der Waals surface area contributed by atoms with Gasteiger partial charge in [0.1, 0.15) is 0 Å². The van der Waals surface area contributed by atoms with Crippen molar-refractivity contribution < 1.29 is 9.90 Å². The molecule has 1 aromatic heterocycles. The predicted molar refractivity (Wildman–Crippen MR) is 84.9 cm³/mol.